The van der Waals surface area contributed by atoms with E-state index >= 15 is 0 Å². The summed E-state index contributed by atoms with van der Waals surface area (Å²) in [6.07, 6.45) is 12.9. The Kier molecular flexibility index (Phi) is 5.60. The SMILES string of the molecule is O=C(O)C1CC[C@H](NC(=O)C2CCCCCCC2)CC2CC2C1. The van der Waals surface area contributed by atoms with Crippen LogP contribution in [0.5, 0.6) is 0 Å². The summed E-state index contributed by atoms with van der Waals surface area (Å²) in [5.74, 6) is 0.818. The number of fused-ring (bicyclic) bond motifs is 1. The minimum atomic E-state index is -0.650. The predicted molar refractivity (Wildman–Crippen MR) is 88.9 cm³/mol. The van der Waals surface area contributed by atoms with Gasteiger partial charge in [0.05, 0.1) is 5.92 Å². The highest BCUT2D eigenvalue weighted by Crippen LogP contribution is 2.48. The van der Waals surface area contributed by atoms with E-state index in [2.05, 4.69) is 5.32 Å². The number of nitrogens with one attached hydrogen (secondary N) is 1. The van der Waals surface area contributed by atoms with E-state index in [0.29, 0.717) is 18.3 Å². The van der Waals surface area contributed by atoms with Crippen molar-refractivity contribution in [3.8, 4) is 0 Å². The van der Waals surface area contributed by atoms with Gasteiger partial charge in [0, 0.05) is 12.0 Å². The first kappa shape index (κ1) is 16.8. The van der Waals surface area contributed by atoms with E-state index in [1.54, 1.807) is 0 Å². The molecular weight excluding hydrogens is 290 g/mol. The second-order valence-electron chi connectivity index (χ2n) is 8.09. The van der Waals surface area contributed by atoms with Gasteiger partial charge in [-0.25, -0.2) is 0 Å². The van der Waals surface area contributed by atoms with E-state index in [4.69, 9.17) is 0 Å². The second kappa shape index (κ2) is 7.67. The molecule has 3 fully saturated rings. The van der Waals surface area contributed by atoms with Crippen LogP contribution in [0.25, 0.3) is 0 Å². The molecule has 2 N–H and O–H groups in total. The fraction of sp³-hybridized carbons (Fsp3) is 0.895. The van der Waals surface area contributed by atoms with Crippen molar-refractivity contribution in [1.82, 2.24) is 5.32 Å². The number of carboxylic acid groups (broad SMARTS) is 1. The number of carbonyl (C=O) groups excluding carboxylic acids is 1. The van der Waals surface area contributed by atoms with Crippen molar-refractivity contribution in [1.29, 1.82) is 0 Å². The molecule has 0 aromatic rings. The lowest BCUT2D eigenvalue weighted by Gasteiger charge is -2.26. The standard InChI is InChI=1S/C19H31NO3/c21-18(13-6-4-2-1-3-5-7-13)20-17-9-8-14(19(22)23)10-15-11-16(15)12-17/h13-17H,1-12H2,(H,20,21)(H,22,23)/t14?,15?,16?,17-/m0/s1. The maximum absolute atomic E-state index is 12.6. The van der Waals surface area contributed by atoms with Crippen molar-refractivity contribution >= 4 is 11.9 Å². The van der Waals surface area contributed by atoms with Crippen LogP contribution in [0.1, 0.15) is 77.0 Å². The first-order valence-electron chi connectivity index (χ1n) is 9.66. The Morgan fingerprint density at radius 1 is 0.739 bits per heavy atom. The smallest absolute Gasteiger partial charge is 0.306 e. The highest BCUT2D eigenvalue weighted by Gasteiger charge is 2.43. The largest absolute Gasteiger partial charge is 0.481 e. The molecule has 0 bridgehead atoms. The Hall–Kier alpha value is -1.06. The van der Waals surface area contributed by atoms with Gasteiger partial charge in [0.2, 0.25) is 5.91 Å². The molecule has 3 aliphatic rings. The van der Waals surface area contributed by atoms with E-state index in [1.165, 1.54) is 38.5 Å². The van der Waals surface area contributed by atoms with Gasteiger partial charge in [-0.05, 0) is 56.8 Å². The first-order chi connectivity index (χ1) is 11.1. The Morgan fingerprint density at radius 2 is 1.39 bits per heavy atom. The highest BCUT2D eigenvalue weighted by molar-refractivity contribution is 5.79. The van der Waals surface area contributed by atoms with Crippen molar-refractivity contribution < 1.29 is 14.7 Å². The van der Waals surface area contributed by atoms with Gasteiger partial charge in [0.25, 0.3) is 0 Å². The monoisotopic (exact) mass is 321 g/mol. The average Bonchev–Trinajstić information content (AvgIpc) is 3.16. The lowest BCUT2D eigenvalue weighted by atomic mass is 9.87. The number of aliphatic carboxylic acids is 1. The number of hydrogen-bond acceptors (Lipinski definition) is 2. The van der Waals surface area contributed by atoms with E-state index in [-0.39, 0.29) is 23.8 Å². The maximum Gasteiger partial charge on any atom is 0.306 e. The number of hydrogen-bond donors (Lipinski definition) is 2. The molecule has 1 amide bonds. The summed E-state index contributed by atoms with van der Waals surface area (Å²) in [5, 5.41) is 12.6. The first-order valence-corrected chi connectivity index (χ1v) is 9.66. The van der Waals surface area contributed by atoms with Crippen LogP contribution in [0.4, 0.5) is 0 Å². The molecule has 4 nitrogen and oxygen atoms in total. The summed E-state index contributed by atoms with van der Waals surface area (Å²) in [4.78, 5) is 24.0. The molecule has 3 rings (SSSR count). The topological polar surface area (TPSA) is 66.4 Å². The molecule has 23 heavy (non-hydrogen) atoms. The van der Waals surface area contributed by atoms with Crippen LogP contribution in [0.2, 0.25) is 0 Å². The van der Waals surface area contributed by atoms with Crippen molar-refractivity contribution in [2.75, 3.05) is 0 Å². The fourth-order valence-corrected chi connectivity index (χ4v) is 4.65. The molecule has 4 heteroatoms. The predicted octanol–water partition coefficient (Wildman–Crippen LogP) is 3.74. The third kappa shape index (κ3) is 4.71. The van der Waals surface area contributed by atoms with Gasteiger partial charge in [-0.1, -0.05) is 32.1 Å². The van der Waals surface area contributed by atoms with Gasteiger partial charge < -0.3 is 10.4 Å². The molecular formula is C19H31NO3. The van der Waals surface area contributed by atoms with Gasteiger partial charge in [-0.3, -0.25) is 9.59 Å². The second-order valence-corrected chi connectivity index (χ2v) is 8.09. The Morgan fingerprint density at radius 3 is 2.09 bits per heavy atom. The number of rotatable bonds is 3. The lowest BCUT2D eigenvalue weighted by molar-refractivity contribution is -0.142. The Labute approximate surface area is 139 Å². The third-order valence-corrected chi connectivity index (χ3v) is 6.28. The molecule has 0 saturated heterocycles. The van der Waals surface area contributed by atoms with Crippen molar-refractivity contribution in [3.05, 3.63) is 0 Å². The summed E-state index contributed by atoms with van der Waals surface area (Å²) in [7, 11) is 0. The quantitative estimate of drug-likeness (QED) is 0.832. The van der Waals surface area contributed by atoms with Crippen LogP contribution in [0.3, 0.4) is 0 Å². The zero-order valence-electron chi connectivity index (χ0n) is 14.1. The summed E-state index contributed by atoms with van der Waals surface area (Å²) in [6.45, 7) is 0. The minimum absolute atomic E-state index is 0.186. The van der Waals surface area contributed by atoms with Crippen molar-refractivity contribution in [2.24, 2.45) is 23.7 Å². The Bertz CT molecular complexity index is 428. The summed E-state index contributed by atoms with van der Waals surface area (Å²) < 4.78 is 0. The van der Waals surface area contributed by atoms with Crippen LogP contribution in [-0.4, -0.2) is 23.0 Å². The molecule has 3 saturated carbocycles. The van der Waals surface area contributed by atoms with Gasteiger partial charge in [0.1, 0.15) is 0 Å². The molecule has 0 aromatic heterocycles. The molecule has 0 spiro atoms. The zero-order chi connectivity index (χ0) is 16.2. The van der Waals surface area contributed by atoms with Gasteiger partial charge in [0.15, 0.2) is 0 Å². The molecule has 0 aromatic carbocycles. The van der Waals surface area contributed by atoms with Crippen LogP contribution in [0, 0.1) is 23.7 Å². The molecule has 3 aliphatic carbocycles. The van der Waals surface area contributed by atoms with Crippen molar-refractivity contribution in [3.63, 3.8) is 0 Å². The van der Waals surface area contributed by atoms with Gasteiger partial charge >= 0.3 is 5.97 Å². The summed E-state index contributed by atoms with van der Waals surface area (Å²) in [5.41, 5.74) is 0. The molecule has 4 atom stereocenters. The number of carbonyl (C=O) groups is 2. The minimum Gasteiger partial charge on any atom is -0.481 e. The molecule has 0 heterocycles. The lowest BCUT2D eigenvalue weighted by Crippen LogP contribution is -2.40. The molecule has 0 aliphatic heterocycles. The zero-order valence-corrected chi connectivity index (χ0v) is 14.1. The van der Waals surface area contributed by atoms with Crippen LogP contribution in [0.15, 0.2) is 0 Å². The van der Waals surface area contributed by atoms with Crippen LogP contribution < -0.4 is 5.32 Å². The summed E-state index contributed by atoms with van der Waals surface area (Å²) in [6, 6.07) is 0.199. The van der Waals surface area contributed by atoms with Crippen molar-refractivity contribution in [2.45, 2.75) is 83.1 Å². The number of carboxylic acids is 1. The molecule has 0 radical (unpaired) electrons. The van der Waals surface area contributed by atoms with E-state index in [1.807, 2.05) is 0 Å². The van der Waals surface area contributed by atoms with E-state index < -0.39 is 5.97 Å². The van der Waals surface area contributed by atoms with E-state index in [0.717, 1.165) is 32.1 Å². The molecule has 3 unspecified atom stereocenters. The van der Waals surface area contributed by atoms with Gasteiger partial charge in [-0.15, -0.1) is 0 Å². The Balaban J connectivity index is 1.53. The fourth-order valence-electron chi connectivity index (χ4n) is 4.65. The molecule has 130 valence electrons. The highest BCUT2D eigenvalue weighted by atomic mass is 16.4. The van der Waals surface area contributed by atoms with E-state index in [9.17, 15) is 14.7 Å². The average molecular weight is 321 g/mol. The maximum atomic E-state index is 12.6. The number of amides is 1. The summed E-state index contributed by atoms with van der Waals surface area (Å²) >= 11 is 0. The van der Waals surface area contributed by atoms with Crippen LogP contribution in [-0.2, 0) is 9.59 Å². The van der Waals surface area contributed by atoms with Gasteiger partial charge in [-0.2, -0.15) is 0 Å². The van der Waals surface area contributed by atoms with Crippen LogP contribution >= 0.6 is 0 Å². The normalized spacial score (nSPS) is 35.8. The third-order valence-electron chi connectivity index (χ3n) is 6.28.